The van der Waals surface area contributed by atoms with Crippen molar-refractivity contribution in [3.63, 3.8) is 0 Å². The summed E-state index contributed by atoms with van der Waals surface area (Å²) in [5.74, 6) is -0.616. The summed E-state index contributed by atoms with van der Waals surface area (Å²) in [6, 6.07) is 10.8. The summed E-state index contributed by atoms with van der Waals surface area (Å²) in [6.45, 7) is 6.30. The molecule has 0 aliphatic carbocycles. The molecule has 2 heterocycles. The first-order valence-electron chi connectivity index (χ1n) is 8.96. The third-order valence-electron chi connectivity index (χ3n) is 4.37. The molecule has 6 nitrogen and oxygen atoms in total. The van der Waals surface area contributed by atoms with Crippen LogP contribution in [0.25, 0.3) is 0 Å². The molecule has 0 saturated heterocycles. The second kappa shape index (κ2) is 8.43. The van der Waals surface area contributed by atoms with Crippen molar-refractivity contribution in [2.24, 2.45) is 0 Å². The van der Waals surface area contributed by atoms with E-state index in [0.29, 0.717) is 12.1 Å². The molecule has 2 N–H and O–H groups in total. The van der Waals surface area contributed by atoms with Crippen LogP contribution in [0.5, 0.6) is 0 Å². The van der Waals surface area contributed by atoms with E-state index >= 15 is 0 Å². The van der Waals surface area contributed by atoms with E-state index in [0.717, 1.165) is 27.9 Å². The number of amides is 2. The minimum absolute atomic E-state index is 0.194. The minimum atomic E-state index is -0.339. The van der Waals surface area contributed by atoms with Crippen LogP contribution < -0.4 is 10.6 Å². The van der Waals surface area contributed by atoms with Gasteiger partial charge in [0.15, 0.2) is 0 Å². The highest BCUT2D eigenvalue weighted by atomic mass is 16.2. The highest BCUT2D eigenvalue weighted by Gasteiger charge is 2.14. The molecule has 0 aliphatic rings. The maximum Gasteiger partial charge on any atom is 0.270 e. The lowest BCUT2D eigenvalue weighted by Gasteiger charge is -2.13. The normalized spacial score (nSPS) is 10.4. The first-order valence-corrected chi connectivity index (χ1v) is 8.96. The van der Waals surface area contributed by atoms with Gasteiger partial charge in [0.1, 0.15) is 5.69 Å². The summed E-state index contributed by atoms with van der Waals surface area (Å²) in [5.41, 5.74) is 5.43. The van der Waals surface area contributed by atoms with Gasteiger partial charge in [0.05, 0.1) is 0 Å². The predicted molar refractivity (Wildman–Crippen MR) is 108 cm³/mol. The Bertz CT molecular complexity index is 993. The van der Waals surface area contributed by atoms with Crippen LogP contribution in [-0.2, 0) is 6.54 Å². The molecule has 0 bridgehead atoms. The predicted octanol–water partition coefficient (Wildman–Crippen LogP) is 3.58. The molecule has 28 heavy (non-hydrogen) atoms. The third-order valence-corrected chi connectivity index (χ3v) is 4.37. The van der Waals surface area contributed by atoms with Crippen molar-refractivity contribution in [3.05, 3.63) is 88.5 Å². The summed E-state index contributed by atoms with van der Waals surface area (Å²) >= 11 is 0. The zero-order valence-corrected chi connectivity index (χ0v) is 16.1. The zero-order valence-electron chi connectivity index (χ0n) is 16.1. The van der Waals surface area contributed by atoms with E-state index in [-0.39, 0.29) is 17.5 Å². The smallest absolute Gasteiger partial charge is 0.270 e. The molecular formula is C22H22N4O2. The number of carbonyl (C=O) groups excluding carboxylic acids is 2. The van der Waals surface area contributed by atoms with Gasteiger partial charge < -0.3 is 10.6 Å². The average Bonchev–Trinajstić information content (AvgIpc) is 2.69. The highest BCUT2D eigenvalue weighted by molar-refractivity contribution is 6.06. The molecule has 0 radical (unpaired) electrons. The van der Waals surface area contributed by atoms with E-state index in [1.54, 1.807) is 18.5 Å². The molecule has 0 saturated carbocycles. The van der Waals surface area contributed by atoms with Gasteiger partial charge in [-0.05, 0) is 61.7 Å². The first-order chi connectivity index (χ1) is 13.4. The van der Waals surface area contributed by atoms with E-state index in [1.807, 2.05) is 45.0 Å². The molecule has 3 rings (SSSR count). The van der Waals surface area contributed by atoms with Gasteiger partial charge in [-0.1, -0.05) is 17.7 Å². The lowest BCUT2D eigenvalue weighted by molar-refractivity contribution is 0.0946. The molecule has 0 unspecified atom stereocenters. The SMILES string of the molecule is Cc1cc(C)c(NC(=O)c2ccnc(C(=O)NCc3ccncc3)c2)c(C)c1. The van der Waals surface area contributed by atoms with Gasteiger partial charge in [-0.2, -0.15) is 0 Å². The second-order valence-electron chi connectivity index (χ2n) is 6.70. The van der Waals surface area contributed by atoms with Crippen LogP contribution in [-0.4, -0.2) is 21.8 Å². The summed E-state index contributed by atoms with van der Waals surface area (Å²) in [7, 11) is 0. The fourth-order valence-electron chi connectivity index (χ4n) is 3.03. The van der Waals surface area contributed by atoms with Gasteiger partial charge in [0.25, 0.3) is 11.8 Å². The van der Waals surface area contributed by atoms with Crippen LogP contribution in [0.4, 0.5) is 5.69 Å². The van der Waals surface area contributed by atoms with Crippen LogP contribution in [0.1, 0.15) is 43.1 Å². The van der Waals surface area contributed by atoms with Gasteiger partial charge >= 0.3 is 0 Å². The third kappa shape index (κ3) is 4.59. The van der Waals surface area contributed by atoms with Gasteiger partial charge in [-0.3, -0.25) is 19.6 Å². The molecule has 1 aromatic carbocycles. The average molecular weight is 374 g/mol. The number of nitrogens with zero attached hydrogens (tertiary/aromatic N) is 2. The Balaban J connectivity index is 1.72. The number of benzene rings is 1. The van der Waals surface area contributed by atoms with E-state index in [1.165, 1.54) is 12.3 Å². The lowest BCUT2D eigenvalue weighted by Crippen LogP contribution is -2.24. The second-order valence-corrected chi connectivity index (χ2v) is 6.70. The van der Waals surface area contributed by atoms with Crippen LogP contribution in [0.2, 0.25) is 0 Å². The molecule has 6 heteroatoms. The molecule has 3 aromatic rings. The Kier molecular flexibility index (Phi) is 5.79. The first kappa shape index (κ1) is 19.2. The van der Waals surface area contributed by atoms with E-state index in [9.17, 15) is 9.59 Å². The number of aromatic nitrogens is 2. The number of nitrogens with one attached hydrogen (secondary N) is 2. The molecular weight excluding hydrogens is 352 g/mol. The number of pyridine rings is 2. The number of rotatable bonds is 5. The summed E-state index contributed by atoms with van der Waals surface area (Å²) in [5, 5.41) is 5.74. The van der Waals surface area contributed by atoms with Crippen LogP contribution in [0, 0.1) is 20.8 Å². The quantitative estimate of drug-likeness (QED) is 0.715. The Morgan fingerprint density at radius 2 is 1.57 bits per heavy atom. The molecule has 0 atom stereocenters. The summed E-state index contributed by atoms with van der Waals surface area (Å²) in [6.07, 6.45) is 4.80. The molecule has 2 amide bonds. The van der Waals surface area contributed by atoms with Crippen molar-refractivity contribution in [1.82, 2.24) is 15.3 Å². The molecule has 2 aromatic heterocycles. The lowest BCUT2D eigenvalue weighted by atomic mass is 10.0. The van der Waals surface area contributed by atoms with E-state index < -0.39 is 0 Å². The Labute approximate surface area is 164 Å². The van der Waals surface area contributed by atoms with E-state index in [2.05, 4.69) is 20.6 Å². The largest absolute Gasteiger partial charge is 0.347 e. The maximum absolute atomic E-state index is 12.7. The number of carbonyl (C=O) groups is 2. The standard InChI is InChI=1S/C22H22N4O2/c1-14-10-15(2)20(16(3)11-14)26-21(27)18-6-9-24-19(12-18)22(28)25-13-17-4-7-23-8-5-17/h4-12H,13H2,1-3H3,(H,25,28)(H,26,27). The van der Waals surface area contributed by atoms with Crippen molar-refractivity contribution in [3.8, 4) is 0 Å². The van der Waals surface area contributed by atoms with Crippen LogP contribution in [0.15, 0.2) is 55.0 Å². The van der Waals surface area contributed by atoms with Crippen molar-refractivity contribution in [2.75, 3.05) is 5.32 Å². The molecule has 0 spiro atoms. The van der Waals surface area contributed by atoms with Gasteiger partial charge in [0, 0.05) is 36.4 Å². The van der Waals surface area contributed by atoms with Crippen molar-refractivity contribution >= 4 is 17.5 Å². The van der Waals surface area contributed by atoms with Crippen LogP contribution in [0.3, 0.4) is 0 Å². The van der Waals surface area contributed by atoms with Crippen LogP contribution >= 0.6 is 0 Å². The Hall–Kier alpha value is -3.54. The Morgan fingerprint density at radius 3 is 2.25 bits per heavy atom. The van der Waals surface area contributed by atoms with Gasteiger partial charge in [0.2, 0.25) is 0 Å². The fraction of sp³-hybridized carbons (Fsp3) is 0.182. The summed E-state index contributed by atoms with van der Waals surface area (Å²) in [4.78, 5) is 33.1. The molecule has 0 fully saturated rings. The number of aryl methyl sites for hydroxylation is 3. The monoisotopic (exact) mass is 374 g/mol. The topological polar surface area (TPSA) is 84.0 Å². The highest BCUT2D eigenvalue weighted by Crippen LogP contribution is 2.22. The molecule has 142 valence electrons. The van der Waals surface area contributed by atoms with Crippen molar-refractivity contribution in [2.45, 2.75) is 27.3 Å². The van der Waals surface area contributed by atoms with Gasteiger partial charge in [-0.15, -0.1) is 0 Å². The van der Waals surface area contributed by atoms with E-state index in [4.69, 9.17) is 0 Å². The van der Waals surface area contributed by atoms with Crippen molar-refractivity contribution < 1.29 is 9.59 Å². The zero-order chi connectivity index (χ0) is 20.1. The fourth-order valence-corrected chi connectivity index (χ4v) is 3.03. The minimum Gasteiger partial charge on any atom is -0.347 e. The van der Waals surface area contributed by atoms with Gasteiger partial charge in [-0.25, -0.2) is 0 Å². The Morgan fingerprint density at radius 1 is 0.893 bits per heavy atom. The maximum atomic E-state index is 12.7. The van der Waals surface area contributed by atoms with Crippen molar-refractivity contribution in [1.29, 1.82) is 0 Å². The summed E-state index contributed by atoms with van der Waals surface area (Å²) < 4.78 is 0. The molecule has 0 aliphatic heterocycles. The number of anilines is 1. The number of hydrogen-bond acceptors (Lipinski definition) is 4. The number of hydrogen-bond donors (Lipinski definition) is 2.